The van der Waals surface area contributed by atoms with E-state index in [0.29, 0.717) is 6.42 Å². The highest BCUT2D eigenvalue weighted by atomic mass is 79.9. The number of oxime groups is 1. The van der Waals surface area contributed by atoms with E-state index in [9.17, 15) is 4.79 Å². The van der Waals surface area contributed by atoms with Gasteiger partial charge in [0.2, 0.25) is 5.91 Å². The molecule has 0 aliphatic heterocycles. The van der Waals surface area contributed by atoms with Crippen LogP contribution in [0.1, 0.15) is 38.3 Å². The van der Waals surface area contributed by atoms with Crippen molar-refractivity contribution in [1.29, 1.82) is 0 Å². The highest BCUT2D eigenvalue weighted by molar-refractivity contribution is 9.10. The first-order chi connectivity index (χ1) is 9.49. The maximum absolute atomic E-state index is 12.2. The Morgan fingerprint density at radius 3 is 2.55 bits per heavy atom. The molecule has 0 bridgehead atoms. The lowest BCUT2D eigenvalue weighted by molar-refractivity contribution is -0.123. The molecular formula is C14H20BrN3O2. The molecular weight excluding hydrogens is 322 g/mol. The first-order valence-corrected chi connectivity index (χ1v) is 7.32. The number of carbonyl (C=O) groups excluding carboxylic acids is 1. The largest absolute Gasteiger partial charge is 0.409 e. The Morgan fingerprint density at radius 1 is 1.45 bits per heavy atom. The fourth-order valence-corrected chi connectivity index (χ4v) is 2.18. The summed E-state index contributed by atoms with van der Waals surface area (Å²) in [6.45, 7) is 3.85. The van der Waals surface area contributed by atoms with Gasteiger partial charge in [-0.3, -0.25) is 4.79 Å². The van der Waals surface area contributed by atoms with Crippen LogP contribution >= 0.6 is 15.9 Å². The molecule has 6 heteroatoms. The van der Waals surface area contributed by atoms with Gasteiger partial charge < -0.3 is 16.3 Å². The lowest BCUT2D eigenvalue weighted by atomic mass is 10.0. The summed E-state index contributed by atoms with van der Waals surface area (Å²) in [7, 11) is 0. The summed E-state index contributed by atoms with van der Waals surface area (Å²) in [5.41, 5.74) is 6.57. The number of benzene rings is 1. The molecule has 0 fully saturated rings. The third-order valence-corrected chi connectivity index (χ3v) is 3.62. The van der Waals surface area contributed by atoms with Crippen LogP contribution in [0.3, 0.4) is 0 Å². The van der Waals surface area contributed by atoms with Crippen LogP contribution in [0.15, 0.2) is 33.9 Å². The Kier molecular flexibility index (Phi) is 6.51. The van der Waals surface area contributed by atoms with Crippen LogP contribution in [0, 0.1) is 5.92 Å². The number of amidine groups is 1. The lowest BCUT2D eigenvalue weighted by Gasteiger charge is -2.19. The van der Waals surface area contributed by atoms with Gasteiger partial charge in [0.1, 0.15) is 0 Å². The van der Waals surface area contributed by atoms with E-state index in [-0.39, 0.29) is 17.8 Å². The Morgan fingerprint density at radius 2 is 2.05 bits per heavy atom. The molecule has 0 heterocycles. The summed E-state index contributed by atoms with van der Waals surface area (Å²) >= 11 is 3.37. The fraction of sp³-hybridized carbons (Fsp3) is 0.429. The number of nitrogens with zero attached hydrogens (tertiary/aromatic N) is 1. The minimum atomic E-state index is -0.595. The zero-order chi connectivity index (χ0) is 15.1. The SMILES string of the molecule is CCCC(C(=O)NC(C)c1ccc(Br)cc1)C(N)=NO. The van der Waals surface area contributed by atoms with E-state index in [1.807, 2.05) is 38.1 Å². The van der Waals surface area contributed by atoms with E-state index < -0.39 is 5.92 Å². The van der Waals surface area contributed by atoms with Crippen LogP contribution in [0.4, 0.5) is 0 Å². The van der Waals surface area contributed by atoms with Crippen molar-refractivity contribution in [2.24, 2.45) is 16.8 Å². The molecule has 2 atom stereocenters. The average molecular weight is 342 g/mol. The van der Waals surface area contributed by atoms with Crippen molar-refractivity contribution in [3.8, 4) is 0 Å². The Hall–Kier alpha value is -1.56. The van der Waals surface area contributed by atoms with Gasteiger partial charge >= 0.3 is 0 Å². The Labute approximate surface area is 127 Å². The summed E-state index contributed by atoms with van der Waals surface area (Å²) in [4.78, 5) is 12.2. The zero-order valence-corrected chi connectivity index (χ0v) is 13.2. The molecule has 2 unspecified atom stereocenters. The molecule has 20 heavy (non-hydrogen) atoms. The second-order valence-electron chi connectivity index (χ2n) is 4.65. The van der Waals surface area contributed by atoms with Gasteiger partial charge in [0.25, 0.3) is 0 Å². The molecule has 1 aromatic rings. The summed E-state index contributed by atoms with van der Waals surface area (Å²) in [5, 5.41) is 14.6. The van der Waals surface area contributed by atoms with Gasteiger partial charge in [-0.15, -0.1) is 0 Å². The van der Waals surface area contributed by atoms with E-state index in [0.717, 1.165) is 16.5 Å². The number of amides is 1. The topological polar surface area (TPSA) is 87.7 Å². The zero-order valence-electron chi connectivity index (χ0n) is 11.6. The van der Waals surface area contributed by atoms with Gasteiger partial charge in [0.15, 0.2) is 5.84 Å². The number of nitrogens with two attached hydrogens (primary N) is 1. The van der Waals surface area contributed by atoms with Gasteiger partial charge in [-0.25, -0.2) is 0 Å². The van der Waals surface area contributed by atoms with E-state index >= 15 is 0 Å². The van der Waals surface area contributed by atoms with Crippen molar-refractivity contribution in [3.63, 3.8) is 0 Å². The maximum atomic E-state index is 12.2. The molecule has 0 aliphatic carbocycles. The summed E-state index contributed by atoms with van der Waals surface area (Å²) in [6, 6.07) is 7.58. The predicted octanol–water partition coefficient (Wildman–Crippen LogP) is 2.79. The molecule has 0 saturated heterocycles. The lowest BCUT2D eigenvalue weighted by Crippen LogP contribution is -2.39. The third kappa shape index (κ3) is 4.52. The second kappa shape index (κ2) is 7.89. The first-order valence-electron chi connectivity index (χ1n) is 6.52. The quantitative estimate of drug-likeness (QED) is 0.321. The Balaban J connectivity index is 2.74. The van der Waals surface area contributed by atoms with Crippen molar-refractivity contribution in [2.75, 3.05) is 0 Å². The van der Waals surface area contributed by atoms with Crippen LogP contribution in [0.2, 0.25) is 0 Å². The van der Waals surface area contributed by atoms with Crippen molar-refractivity contribution < 1.29 is 10.0 Å². The first kappa shape index (κ1) is 16.5. The molecule has 1 aromatic carbocycles. The Bertz CT molecular complexity index is 474. The highest BCUT2D eigenvalue weighted by Gasteiger charge is 2.23. The minimum absolute atomic E-state index is 0.0487. The van der Waals surface area contributed by atoms with E-state index in [1.165, 1.54) is 0 Å². The van der Waals surface area contributed by atoms with Crippen LogP contribution < -0.4 is 11.1 Å². The number of nitrogens with one attached hydrogen (secondary N) is 1. The van der Waals surface area contributed by atoms with Crippen molar-refractivity contribution in [3.05, 3.63) is 34.3 Å². The highest BCUT2D eigenvalue weighted by Crippen LogP contribution is 2.17. The van der Waals surface area contributed by atoms with E-state index in [1.54, 1.807) is 0 Å². The van der Waals surface area contributed by atoms with Crippen LogP contribution in [0.25, 0.3) is 0 Å². The normalized spacial score (nSPS) is 14.7. The standard InChI is InChI=1S/C14H20BrN3O2/c1-3-4-12(13(16)18-20)14(19)17-9(2)10-5-7-11(15)8-6-10/h5-9,12,20H,3-4H2,1-2H3,(H2,16,18)(H,17,19). The molecule has 0 saturated carbocycles. The van der Waals surface area contributed by atoms with Crippen molar-refractivity contribution in [1.82, 2.24) is 5.32 Å². The number of rotatable bonds is 6. The van der Waals surface area contributed by atoms with E-state index in [4.69, 9.17) is 10.9 Å². The molecule has 110 valence electrons. The average Bonchev–Trinajstić information content (AvgIpc) is 2.44. The molecule has 4 N–H and O–H groups in total. The number of carbonyl (C=O) groups is 1. The molecule has 0 radical (unpaired) electrons. The molecule has 0 aromatic heterocycles. The van der Waals surface area contributed by atoms with Crippen LogP contribution in [-0.4, -0.2) is 17.0 Å². The molecule has 0 aliphatic rings. The maximum Gasteiger partial charge on any atom is 0.231 e. The number of halogens is 1. The van der Waals surface area contributed by atoms with E-state index in [2.05, 4.69) is 26.4 Å². The van der Waals surface area contributed by atoms with Gasteiger partial charge in [-0.1, -0.05) is 46.6 Å². The van der Waals surface area contributed by atoms with Crippen molar-refractivity contribution in [2.45, 2.75) is 32.7 Å². The number of hydrogen-bond acceptors (Lipinski definition) is 3. The molecule has 1 rings (SSSR count). The van der Waals surface area contributed by atoms with Gasteiger partial charge in [-0.05, 0) is 31.0 Å². The summed E-state index contributed by atoms with van der Waals surface area (Å²) in [6.07, 6.45) is 1.33. The minimum Gasteiger partial charge on any atom is -0.409 e. The van der Waals surface area contributed by atoms with Gasteiger partial charge in [0, 0.05) is 4.47 Å². The van der Waals surface area contributed by atoms with Crippen molar-refractivity contribution >= 4 is 27.7 Å². The summed E-state index contributed by atoms with van der Waals surface area (Å²) in [5.74, 6) is -0.868. The second-order valence-corrected chi connectivity index (χ2v) is 5.56. The fourth-order valence-electron chi connectivity index (χ4n) is 1.92. The smallest absolute Gasteiger partial charge is 0.231 e. The molecule has 1 amide bonds. The number of hydrogen-bond donors (Lipinski definition) is 3. The molecule has 0 spiro atoms. The third-order valence-electron chi connectivity index (χ3n) is 3.10. The predicted molar refractivity (Wildman–Crippen MR) is 82.5 cm³/mol. The monoisotopic (exact) mass is 341 g/mol. The molecule has 5 nitrogen and oxygen atoms in total. The van der Waals surface area contributed by atoms with Gasteiger partial charge in [-0.2, -0.15) is 0 Å². The van der Waals surface area contributed by atoms with Crippen LogP contribution in [0.5, 0.6) is 0 Å². The summed E-state index contributed by atoms with van der Waals surface area (Å²) < 4.78 is 0.986. The van der Waals surface area contributed by atoms with Crippen LogP contribution in [-0.2, 0) is 4.79 Å². The van der Waals surface area contributed by atoms with Gasteiger partial charge in [0.05, 0.1) is 12.0 Å².